The Morgan fingerprint density at radius 3 is 2.85 bits per heavy atom. The van der Waals surface area contributed by atoms with E-state index in [1.807, 2.05) is 0 Å². The predicted octanol–water partition coefficient (Wildman–Crippen LogP) is 1.11. The predicted molar refractivity (Wildman–Crippen MR) is 43.0 cm³/mol. The van der Waals surface area contributed by atoms with Gasteiger partial charge in [0.15, 0.2) is 5.82 Å². The van der Waals surface area contributed by atoms with E-state index >= 15 is 0 Å². The molecule has 0 amide bonds. The number of hydrogen-bond donors (Lipinski definition) is 1. The summed E-state index contributed by atoms with van der Waals surface area (Å²) in [6.45, 7) is 0. The van der Waals surface area contributed by atoms with Gasteiger partial charge in [-0.2, -0.15) is 5.10 Å². The largest absolute Gasteiger partial charge is 0.508 e. The van der Waals surface area contributed by atoms with Crippen LogP contribution in [0, 0.1) is 5.82 Å². The Hall–Kier alpha value is -1.91. The number of halogens is 1. The highest BCUT2D eigenvalue weighted by Crippen LogP contribution is 2.17. The molecule has 0 unspecified atom stereocenters. The molecule has 0 aliphatic heterocycles. The van der Waals surface area contributed by atoms with Crippen molar-refractivity contribution in [2.75, 3.05) is 0 Å². The third-order valence-corrected chi connectivity index (χ3v) is 1.60. The van der Waals surface area contributed by atoms with Gasteiger partial charge in [-0.25, -0.2) is 14.1 Å². The van der Waals surface area contributed by atoms with E-state index in [9.17, 15) is 4.39 Å². The maximum atomic E-state index is 13.2. The Bertz CT molecular complexity index is 413. The third kappa shape index (κ3) is 1.35. The summed E-state index contributed by atoms with van der Waals surface area (Å²) in [6, 6.07) is 3.84. The molecule has 13 heavy (non-hydrogen) atoms. The lowest BCUT2D eigenvalue weighted by atomic mass is 10.3. The summed E-state index contributed by atoms with van der Waals surface area (Å²) >= 11 is 0. The quantitative estimate of drug-likeness (QED) is 0.713. The summed E-state index contributed by atoms with van der Waals surface area (Å²) in [6.07, 6.45) is 2.70. The van der Waals surface area contributed by atoms with E-state index in [1.165, 1.54) is 29.5 Å². The van der Waals surface area contributed by atoms with Crippen LogP contribution in [0.25, 0.3) is 5.69 Å². The number of aromatic nitrogens is 3. The first-order chi connectivity index (χ1) is 6.27. The zero-order valence-corrected chi connectivity index (χ0v) is 6.55. The molecule has 0 bridgehead atoms. The molecule has 0 aliphatic rings. The van der Waals surface area contributed by atoms with Crippen molar-refractivity contribution in [2.45, 2.75) is 0 Å². The number of phenols is 1. The molecular formula is C8H6FN3O. The maximum absolute atomic E-state index is 13.2. The van der Waals surface area contributed by atoms with Crippen LogP contribution in [-0.2, 0) is 0 Å². The zero-order chi connectivity index (χ0) is 9.26. The average molecular weight is 179 g/mol. The van der Waals surface area contributed by atoms with E-state index < -0.39 is 5.82 Å². The van der Waals surface area contributed by atoms with E-state index in [-0.39, 0.29) is 11.4 Å². The van der Waals surface area contributed by atoms with E-state index in [1.54, 1.807) is 0 Å². The van der Waals surface area contributed by atoms with Gasteiger partial charge in [-0.15, -0.1) is 0 Å². The van der Waals surface area contributed by atoms with E-state index in [4.69, 9.17) is 5.11 Å². The Balaban J connectivity index is 2.53. The van der Waals surface area contributed by atoms with Crippen LogP contribution in [0.3, 0.4) is 0 Å². The lowest BCUT2D eigenvalue weighted by Crippen LogP contribution is -1.97. The number of aromatic hydroxyl groups is 1. The molecule has 1 aromatic carbocycles. The highest BCUT2D eigenvalue weighted by molar-refractivity contribution is 5.37. The Kier molecular flexibility index (Phi) is 1.70. The minimum absolute atomic E-state index is 0.110. The van der Waals surface area contributed by atoms with Crippen LogP contribution < -0.4 is 0 Å². The number of nitrogens with zero attached hydrogens (tertiary/aromatic N) is 3. The van der Waals surface area contributed by atoms with Crippen molar-refractivity contribution in [3.63, 3.8) is 0 Å². The van der Waals surface area contributed by atoms with Crippen LogP contribution in [-0.4, -0.2) is 19.9 Å². The highest BCUT2D eigenvalue weighted by atomic mass is 19.1. The first-order valence-electron chi connectivity index (χ1n) is 3.61. The second-order valence-corrected chi connectivity index (χ2v) is 2.48. The molecule has 1 aromatic heterocycles. The minimum Gasteiger partial charge on any atom is -0.508 e. The van der Waals surface area contributed by atoms with Crippen molar-refractivity contribution in [3.05, 3.63) is 36.7 Å². The van der Waals surface area contributed by atoms with Crippen molar-refractivity contribution in [3.8, 4) is 11.4 Å². The first kappa shape index (κ1) is 7.72. The smallest absolute Gasteiger partial charge is 0.152 e. The van der Waals surface area contributed by atoms with E-state index in [2.05, 4.69) is 10.1 Å². The molecule has 66 valence electrons. The monoisotopic (exact) mass is 179 g/mol. The summed E-state index contributed by atoms with van der Waals surface area (Å²) in [5.74, 6) is -0.646. The normalized spacial score (nSPS) is 10.2. The molecule has 0 spiro atoms. The third-order valence-electron chi connectivity index (χ3n) is 1.60. The number of benzene rings is 1. The minimum atomic E-state index is -0.537. The highest BCUT2D eigenvalue weighted by Gasteiger charge is 2.04. The number of rotatable bonds is 1. The Labute approximate surface area is 73.3 Å². The van der Waals surface area contributed by atoms with Crippen LogP contribution >= 0.6 is 0 Å². The molecule has 2 rings (SSSR count). The number of phenolic OH excluding ortho intramolecular Hbond substituents is 1. The van der Waals surface area contributed by atoms with Gasteiger partial charge < -0.3 is 5.11 Å². The van der Waals surface area contributed by atoms with Crippen LogP contribution in [0.2, 0.25) is 0 Å². The molecule has 1 N–H and O–H groups in total. The molecule has 0 saturated carbocycles. The summed E-state index contributed by atoms with van der Waals surface area (Å²) < 4.78 is 14.5. The molecule has 0 aliphatic carbocycles. The second-order valence-electron chi connectivity index (χ2n) is 2.48. The SMILES string of the molecule is Oc1ccc(-n2cncn2)c(F)c1. The molecule has 0 fully saturated rings. The summed E-state index contributed by atoms with van der Waals surface area (Å²) in [5.41, 5.74) is 0.260. The fourth-order valence-corrected chi connectivity index (χ4v) is 1.01. The molecular weight excluding hydrogens is 173 g/mol. The summed E-state index contributed by atoms with van der Waals surface area (Å²) in [4.78, 5) is 3.68. The summed E-state index contributed by atoms with van der Waals surface area (Å²) in [7, 11) is 0. The van der Waals surface area contributed by atoms with E-state index in [0.29, 0.717) is 0 Å². The van der Waals surface area contributed by atoms with Gasteiger partial charge in [-0.05, 0) is 12.1 Å². The fraction of sp³-hybridized carbons (Fsp3) is 0. The van der Waals surface area contributed by atoms with Gasteiger partial charge in [-0.1, -0.05) is 0 Å². The van der Waals surface area contributed by atoms with Crippen molar-refractivity contribution in [1.82, 2.24) is 14.8 Å². The van der Waals surface area contributed by atoms with Crippen molar-refractivity contribution < 1.29 is 9.50 Å². The van der Waals surface area contributed by atoms with Crippen LogP contribution in [0.5, 0.6) is 5.75 Å². The van der Waals surface area contributed by atoms with Crippen molar-refractivity contribution in [1.29, 1.82) is 0 Å². The van der Waals surface area contributed by atoms with Gasteiger partial charge in [-0.3, -0.25) is 0 Å². The van der Waals surface area contributed by atoms with Crippen molar-refractivity contribution in [2.24, 2.45) is 0 Å². The maximum Gasteiger partial charge on any atom is 0.152 e. The van der Waals surface area contributed by atoms with Gasteiger partial charge in [0, 0.05) is 6.07 Å². The Morgan fingerprint density at radius 2 is 2.23 bits per heavy atom. The van der Waals surface area contributed by atoms with Gasteiger partial charge in [0.2, 0.25) is 0 Å². The van der Waals surface area contributed by atoms with Gasteiger partial charge in [0.25, 0.3) is 0 Å². The molecule has 4 nitrogen and oxygen atoms in total. The van der Waals surface area contributed by atoms with Gasteiger partial charge in [0.1, 0.15) is 24.1 Å². The Morgan fingerprint density at radius 1 is 1.38 bits per heavy atom. The van der Waals surface area contributed by atoms with Crippen molar-refractivity contribution >= 4 is 0 Å². The van der Waals surface area contributed by atoms with Crippen LogP contribution in [0.1, 0.15) is 0 Å². The lowest BCUT2D eigenvalue weighted by molar-refractivity contribution is 0.468. The lowest BCUT2D eigenvalue weighted by Gasteiger charge is -2.01. The molecule has 0 atom stereocenters. The van der Waals surface area contributed by atoms with Gasteiger partial charge in [0.05, 0.1) is 0 Å². The van der Waals surface area contributed by atoms with Crippen LogP contribution in [0.15, 0.2) is 30.9 Å². The molecule has 5 heteroatoms. The standard InChI is InChI=1S/C8H6FN3O/c9-7-3-6(13)1-2-8(7)12-5-10-4-11-12/h1-5,13H. The summed E-state index contributed by atoms with van der Waals surface area (Å²) in [5, 5.41) is 12.7. The molecule has 0 saturated heterocycles. The second kappa shape index (κ2) is 2.85. The van der Waals surface area contributed by atoms with E-state index in [0.717, 1.165) is 6.07 Å². The molecule has 2 aromatic rings. The zero-order valence-electron chi connectivity index (χ0n) is 6.55. The number of hydrogen-bond acceptors (Lipinski definition) is 3. The topological polar surface area (TPSA) is 50.9 Å². The molecule has 0 radical (unpaired) electrons. The van der Waals surface area contributed by atoms with Gasteiger partial charge >= 0.3 is 0 Å². The molecule has 1 heterocycles. The first-order valence-corrected chi connectivity index (χ1v) is 3.61. The van der Waals surface area contributed by atoms with Crippen LogP contribution in [0.4, 0.5) is 4.39 Å². The fourth-order valence-electron chi connectivity index (χ4n) is 1.01. The average Bonchev–Trinajstić information content (AvgIpc) is 2.56.